The van der Waals surface area contributed by atoms with E-state index in [1.54, 1.807) is 12.1 Å². The number of anilines is 1. The first-order chi connectivity index (χ1) is 12.6. The summed E-state index contributed by atoms with van der Waals surface area (Å²) in [5.41, 5.74) is 2.14. The number of ether oxygens (including phenoxy) is 1. The molecule has 2 aromatic carbocycles. The third kappa shape index (κ3) is 2.55. The molecule has 2 aliphatic rings. The van der Waals surface area contributed by atoms with Crippen LogP contribution in [0.5, 0.6) is 5.75 Å². The van der Waals surface area contributed by atoms with Gasteiger partial charge in [-0.15, -0.1) is 0 Å². The zero-order chi connectivity index (χ0) is 17.7. The van der Waals surface area contributed by atoms with E-state index in [0.29, 0.717) is 17.2 Å². The Labute approximate surface area is 151 Å². The van der Waals surface area contributed by atoms with Crippen molar-refractivity contribution in [3.63, 3.8) is 0 Å². The highest BCUT2D eigenvalue weighted by Gasteiger charge is 2.36. The smallest absolute Gasteiger partial charge is 0.295 e. The van der Waals surface area contributed by atoms with Crippen molar-refractivity contribution in [1.82, 2.24) is 5.32 Å². The summed E-state index contributed by atoms with van der Waals surface area (Å²) in [4.78, 5) is 0. The van der Waals surface area contributed by atoms with E-state index in [-0.39, 0.29) is 11.2 Å². The predicted octanol–water partition coefficient (Wildman–Crippen LogP) is 3.07. The first-order valence-electron chi connectivity index (χ1n) is 8.63. The van der Waals surface area contributed by atoms with Crippen molar-refractivity contribution in [2.24, 2.45) is 0 Å². The van der Waals surface area contributed by atoms with Gasteiger partial charge in [0.25, 0.3) is 10.0 Å². The lowest BCUT2D eigenvalue weighted by molar-refractivity contribution is 0.177. The van der Waals surface area contributed by atoms with Crippen LogP contribution in [0.4, 0.5) is 5.69 Å². The number of hydrogen-bond donors (Lipinski definition) is 2. The zero-order valence-electron chi connectivity index (χ0n) is 13.9. The highest BCUT2D eigenvalue weighted by molar-refractivity contribution is 7.92. The lowest BCUT2D eigenvalue weighted by Gasteiger charge is -2.24. The van der Waals surface area contributed by atoms with Crippen molar-refractivity contribution in [2.45, 2.75) is 23.5 Å². The lowest BCUT2D eigenvalue weighted by atomic mass is 9.89. The molecule has 6 nitrogen and oxygen atoms in total. The average Bonchev–Trinajstić information content (AvgIpc) is 3.23. The molecule has 134 valence electrons. The molecule has 3 aromatic rings. The molecule has 0 radical (unpaired) electrons. The second kappa shape index (κ2) is 5.75. The van der Waals surface area contributed by atoms with Crippen LogP contribution in [0, 0.1) is 0 Å². The number of benzene rings is 2. The van der Waals surface area contributed by atoms with E-state index >= 15 is 0 Å². The molecule has 1 fully saturated rings. The fraction of sp³-hybridized carbons (Fsp3) is 0.263. The van der Waals surface area contributed by atoms with Gasteiger partial charge in [0, 0.05) is 35.2 Å². The first-order valence-corrected chi connectivity index (χ1v) is 10.1. The summed E-state index contributed by atoms with van der Waals surface area (Å²) in [5.74, 6) is 1.15. The number of para-hydroxylation sites is 1. The predicted molar refractivity (Wildman–Crippen MR) is 98.1 cm³/mol. The van der Waals surface area contributed by atoms with Crippen LogP contribution in [0.1, 0.15) is 17.9 Å². The van der Waals surface area contributed by atoms with Crippen LogP contribution in [-0.4, -0.2) is 27.6 Å². The molecule has 3 heterocycles. The largest absolute Gasteiger partial charge is 0.488 e. The van der Waals surface area contributed by atoms with Crippen LogP contribution < -0.4 is 14.8 Å². The summed E-state index contributed by atoms with van der Waals surface area (Å²) in [6.45, 7) is 1.76. The highest BCUT2D eigenvalue weighted by Crippen LogP contribution is 2.42. The van der Waals surface area contributed by atoms with E-state index in [9.17, 15) is 8.42 Å². The lowest BCUT2D eigenvalue weighted by Crippen LogP contribution is -2.39. The first kappa shape index (κ1) is 15.7. The number of rotatable bonds is 3. The third-order valence-corrected chi connectivity index (χ3v) is 6.27. The molecule has 2 unspecified atom stereocenters. The fourth-order valence-corrected chi connectivity index (χ4v) is 4.80. The maximum atomic E-state index is 12.7. The molecular formula is C19H18N2O4S. The zero-order valence-corrected chi connectivity index (χ0v) is 14.8. The Bertz CT molecular complexity index is 1060. The van der Waals surface area contributed by atoms with Crippen LogP contribution in [0.25, 0.3) is 11.0 Å². The molecule has 1 saturated heterocycles. The average molecular weight is 370 g/mol. The van der Waals surface area contributed by atoms with Gasteiger partial charge in [0.2, 0.25) is 5.09 Å². The second-order valence-electron chi connectivity index (χ2n) is 6.72. The number of fused-ring (bicyclic) bond motifs is 4. The van der Waals surface area contributed by atoms with Crippen LogP contribution in [0.2, 0.25) is 0 Å². The number of piperidine rings is 1. The minimum atomic E-state index is -3.79. The van der Waals surface area contributed by atoms with E-state index in [4.69, 9.17) is 9.15 Å². The summed E-state index contributed by atoms with van der Waals surface area (Å²) in [6, 6.07) is 14.2. The van der Waals surface area contributed by atoms with Crippen LogP contribution >= 0.6 is 0 Å². The standard InChI is InChI=1S/C19H18N2O4S/c22-26(23,19-9-12-3-1-2-4-16(12)25-19)21-13-5-6-17-15(10-13)14-7-8-20-11-18(14)24-17/h1-6,9-10,14,18,20-21H,7-8,11H2. The molecule has 5 rings (SSSR count). The molecule has 7 heteroatoms. The van der Waals surface area contributed by atoms with Crippen molar-refractivity contribution in [2.75, 3.05) is 17.8 Å². The van der Waals surface area contributed by atoms with Crippen molar-refractivity contribution in [3.8, 4) is 5.75 Å². The van der Waals surface area contributed by atoms with Gasteiger partial charge in [0.1, 0.15) is 17.4 Å². The Kier molecular flexibility index (Phi) is 3.48. The summed E-state index contributed by atoms with van der Waals surface area (Å²) < 4.78 is 39.5. The summed E-state index contributed by atoms with van der Waals surface area (Å²) >= 11 is 0. The molecule has 1 aromatic heterocycles. The molecule has 0 amide bonds. The molecule has 2 N–H and O–H groups in total. The van der Waals surface area contributed by atoms with Crippen molar-refractivity contribution < 1.29 is 17.6 Å². The molecule has 2 atom stereocenters. The normalized spacial score (nSPS) is 21.8. The summed E-state index contributed by atoms with van der Waals surface area (Å²) in [6.07, 6.45) is 1.11. The molecule has 0 spiro atoms. The van der Waals surface area contributed by atoms with Crippen molar-refractivity contribution in [1.29, 1.82) is 0 Å². The van der Waals surface area contributed by atoms with E-state index in [1.165, 1.54) is 6.07 Å². The molecule has 0 aliphatic carbocycles. The summed E-state index contributed by atoms with van der Waals surface area (Å²) in [7, 11) is -3.79. The second-order valence-corrected chi connectivity index (χ2v) is 8.33. The van der Waals surface area contributed by atoms with Gasteiger partial charge < -0.3 is 14.5 Å². The topological polar surface area (TPSA) is 80.6 Å². The Hall–Kier alpha value is -2.51. The van der Waals surface area contributed by atoms with Crippen LogP contribution in [0.15, 0.2) is 58.0 Å². The van der Waals surface area contributed by atoms with Crippen molar-refractivity contribution in [3.05, 3.63) is 54.1 Å². The Morgan fingerprint density at radius 2 is 2.00 bits per heavy atom. The molecule has 26 heavy (non-hydrogen) atoms. The SMILES string of the molecule is O=S(=O)(Nc1ccc2c(c1)C1CCNCC1O2)c1cc2ccccc2o1. The molecule has 0 saturated carbocycles. The van der Waals surface area contributed by atoms with Gasteiger partial charge in [-0.2, -0.15) is 8.42 Å². The minimum Gasteiger partial charge on any atom is -0.488 e. The van der Waals surface area contributed by atoms with Gasteiger partial charge in [-0.05, 0) is 37.2 Å². The van der Waals surface area contributed by atoms with E-state index in [0.717, 1.165) is 36.2 Å². The number of sulfonamides is 1. The Morgan fingerprint density at radius 3 is 2.88 bits per heavy atom. The molecule has 2 aliphatic heterocycles. The summed E-state index contributed by atoms with van der Waals surface area (Å²) in [5, 5.41) is 4.00. The monoisotopic (exact) mass is 370 g/mol. The fourth-order valence-electron chi connectivity index (χ4n) is 3.78. The van der Waals surface area contributed by atoms with Gasteiger partial charge >= 0.3 is 0 Å². The minimum absolute atomic E-state index is 0.0878. The van der Waals surface area contributed by atoms with Crippen LogP contribution in [-0.2, 0) is 10.0 Å². The van der Waals surface area contributed by atoms with Crippen molar-refractivity contribution >= 4 is 26.7 Å². The number of nitrogens with one attached hydrogen (secondary N) is 2. The highest BCUT2D eigenvalue weighted by atomic mass is 32.2. The van der Waals surface area contributed by atoms with Gasteiger partial charge in [0.05, 0.1) is 0 Å². The number of furan rings is 1. The maximum Gasteiger partial charge on any atom is 0.295 e. The van der Waals surface area contributed by atoms with E-state index in [2.05, 4.69) is 10.0 Å². The van der Waals surface area contributed by atoms with Gasteiger partial charge in [-0.25, -0.2) is 0 Å². The van der Waals surface area contributed by atoms with Gasteiger partial charge in [0.15, 0.2) is 0 Å². The number of hydrogen-bond acceptors (Lipinski definition) is 5. The Balaban J connectivity index is 1.46. The molecular weight excluding hydrogens is 352 g/mol. The molecule has 0 bridgehead atoms. The van der Waals surface area contributed by atoms with Crippen LogP contribution in [0.3, 0.4) is 0 Å². The van der Waals surface area contributed by atoms with Gasteiger partial charge in [-0.3, -0.25) is 4.72 Å². The van der Waals surface area contributed by atoms with E-state index in [1.807, 2.05) is 30.3 Å². The third-order valence-electron chi connectivity index (χ3n) is 5.03. The maximum absolute atomic E-state index is 12.7. The quantitative estimate of drug-likeness (QED) is 0.741. The van der Waals surface area contributed by atoms with E-state index < -0.39 is 10.0 Å². The van der Waals surface area contributed by atoms with Gasteiger partial charge in [-0.1, -0.05) is 18.2 Å². The Morgan fingerprint density at radius 1 is 1.12 bits per heavy atom.